The van der Waals surface area contributed by atoms with Crippen molar-refractivity contribution in [3.05, 3.63) is 65.4 Å². The van der Waals surface area contributed by atoms with Crippen molar-refractivity contribution in [2.45, 2.75) is 6.92 Å². The topological polar surface area (TPSA) is 45.8 Å². The van der Waals surface area contributed by atoms with Crippen LogP contribution in [0.1, 0.15) is 21.6 Å². The fourth-order valence-electron chi connectivity index (χ4n) is 2.17. The third-order valence-electron chi connectivity index (χ3n) is 3.17. The third kappa shape index (κ3) is 1.91. The summed E-state index contributed by atoms with van der Waals surface area (Å²) >= 11 is 0. The van der Waals surface area contributed by atoms with Gasteiger partial charge < -0.3 is 4.98 Å². The average molecular weight is 254 g/mol. The highest BCUT2D eigenvalue weighted by Crippen LogP contribution is 2.24. The molecule has 1 aromatic carbocycles. The predicted octanol–water partition coefficient (Wildman–Crippen LogP) is 3.24. The van der Waals surface area contributed by atoms with Gasteiger partial charge >= 0.3 is 0 Å². The van der Waals surface area contributed by atoms with Crippen LogP contribution in [-0.2, 0) is 0 Å². The summed E-state index contributed by atoms with van der Waals surface area (Å²) in [5.41, 5.74) is 2.50. The van der Waals surface area contributed by atoms with Gasteiger partial charge in [-0.1, -0.05) is 0 Å². The number of carbonyl (C=O) groups excluding carboxylic acids is 1. The van der Waals surface area contributed by atoms with Crippen molar-refractivity contribution in [2.24, 2.45) is 0 Å². The number of ketones is 1. The molecular weight excluding hydrogens is 243 g/mol. The predicted molar refractivity (Wildman–Crippen MR) is 70.7 cm³/mol. The largest absolute Gasteiger partial charge is 0.352 e. The van der Waals surface area contributed by atoms with Gasteiger partial charge in [-0.2, -0.15) is 0 Å². The number of hydrogen-bond acceptors (Lipinski definition) is 2. The lowest BCUT2D eigenvalue weighted by molar-refractivity contribution is 0.103. The van der Waals surface area contributed by atoms with Gasteiger partial charge in [-0.05, 0) is 42.8 Å². The molecule has 0 amide bonds. The fourth-order valence-corrected chi connectivity index (χ4v) is 2.17. The molecule has 0 fully saturated rings. The normalized spacial score (nSPS) is 10.8. The molecule has 94 valence electrons. The lowest BCUT2D eigenvalue weighted by Gasteiger charge is -1.99. The van der Waals surface area contributed by atoms with Crippen LogP contribution in [0.5, 0.6) is 0 Å². The molecule has 19 heavy (non-hydrogen) atoms. The van der Waals surface area contributed by atoms with Crippen LogP contribution >= 0.6 is 0 Å². The first-order valence-corrected chi connectivity index (χ1v) is 5.89. The van der Waals surface area contributed by atoms with Crippen molar-refractivity contribution >= 4 is 16.7 Å². The minimum atomic E-state index is -0.310. The number of nitrogens with one attached hydrogen (secondary N) is 1. The quantitative estimate of drug-likeness (QED) is 0.713. The molecule has 0 saturated carbocycles. The summed E-state index contributed by atoms with van der Waals surface area (Å²) in [5, 5.41) is 0.729. The summed E-state index contributed by atoms with van der Waals surface area (Å²) in [4.78, 5) is 19.3. The number of rotatable bonds is 2. The van der Waals surface area contributed by atoms with Crippen LogP contribution in [0.4, 0.5) is 4.39 Å². The number of benzene rings is 1. The summed E-state index contributed by atoms with van der Waals surface area (Å²) in [7, 11) is 0. The molecule has 0 unspecified atom stereocenters. The molecule has 2 aromatic heterocycles. The Morgan fingerprint density at radius 1 is 1.32 bits per heavy atom. The van der Waals surface area contributed by atoms with Gasteiger partial charge in [0.25, 0.3) is 0 Å². The second-order valence-corrected chi connectivity index (χ2v) is 4.39. The molecule has 0 aliphatic heterocycles. The maximum atomic E-state index is 13.2. The lowest BCUT2D eigenvalue weighted by Crippen LogP contribution is -2.03. The van der Waals surface area contributed by atoms with Crippen molar-refractivity contribution in [1.82, 2.24) is 9.97 Å². The Labute approximate surface area is 109 Å². The molecule has 0 aliphatic rings. The Bertz CT molecular complexity index is 762. The van der Waals surface area contributed by atoms with Gasteiger partial charge in [-0.15, -0.1) is 0 Å². The number of aromatic nitrogens is 2. The summed E-state index contributed by atoms with van der Waals surface area (Å²) in [6.07, 6.45) is 3.14. The summed E-state index contributed by atoms with van der Waals surface area (Å²) in [6, 6.07) is 7.86. The molecule has 4 heteroatoms. The number of aryl methyl sites for hydroxylation is 1. The van der Waals surface area contributed by atoms with E-state index in [4.69, 9.17) is 0 Å². The Hall–Kier alpha value is -2.49. The number of halogens is 1. The highest BCUT2D eigenvalue weighted by atomic mass is 19.1. The Balaban J connectivity index is 2.16. The van der Waals surface area contributed by atoms with Crippen LogP contribution in [0.2, 0.25) is 0 Å². The highest BCUT2D eigenvalue weighted by Gasteiger charge is 2.16. The van der Waals surface area contributed by atoms with Crippen LogP contribution in [0.25, 0.3) is 10.9 Å². The third-order valence-corrected chi connectivity index (χ3v) is 3.17. The second kappa shape index (κ2) is 4.31. The molecule has 0 bridgehead atoms. The van der Waals surface area contributed by atoms with Gasteiger partial charge in [-0.3, -0.25) is 9.78 Å². The molecule has 0 saturated heterocycles. The fraction of sp³-hybridized carbons (Fsp3) is 0.0667. The Kier molecular flexibility index (Phi) is 2.63. The van der Waals surface area contributed by atoms with E-state index in [1.165, 1.54) is 18.3 Å². The van der Waals surface area contributed by atoms with E-state index in [9.17, 15) is 9.18 Å². The van der Waals surface area contributed by atoms with Crippen LogP contribution in [0, 0.1) is 12.7 Å². The Morgan fingerprint density at radius 2 is 2.16 bits per heavy atom. The maximum absolute atomic E-state index is 13.2. The number of H-pyrrole nitrogens is 1. The minimum Gasteiger partial charge on any atom is -0.352 e. The van der Waals surface area contributed by atoms with E-state index in [-0.39, 0.29) is 11.6 Å². The molecule has 3 rings (SSSR count). The van der Waals surface area contributed by atoms with Crippen molar-refractivity contribution in [3.8, 4) is 0 Å². The number of pyridine rings is 1. The Morgan fingerprint density at radius 3 is 2.89 bits per heavy atom. The number of carbonyl (C=O) groups is 1. The summed E-state index contributed by atoms with van der Waals surface area (Å²) in [5.74, 6) is -0.447. The second-order valence-electron chi connectivity index (χ2n) is 4.39. The van der Waals surface area contributed by atoms with Gasteiger partial charge in [0.2, 0.25) is 5.78 Å². The van der Waals surface area contributed by atoms with E-state index in [0.717, 1.165) is 16.5 Å². The molecule has 0 aliphatic carbocycles. The number of nitrogens with zero attached hydrogens (tertiary/aromatic N) is 1. The lowest BCUT2D eigenvalue weighted by atomic mass is 10.1. The van der Waals surface area contributed by atoms with Gasteiger partial charge in [0.1, 0.15) is 5.82 Å². The first-order chi connectivity index (χ1) is 9.16. The molecular formula is C15H11FN2O. The van der Waals surface area contributed by atoms with Gasteiger partial charge in [0, 0.05) is 28.9 Å². The van der Waals surface area contributed by atoms with E-state index in [2.05, 4.69) is 9.97 Å². The summed E-state index contributed by atoms with van der Waals surface area (Å²) in [6.45, 7) is 1.81. The molecule has 0 spiro atoms. The van der Waals surface area contributed by atoms with Crippen molar-refractivity contribution in [2.75, 3.05) is 0 Å². The standard InChI is InChI=1S/C15H11FN2O/c1-9-12-7-11(16)4-5-13(12)18-14(9)15(19)10-3-2-6-17-8-10/h2-8,18H,1H3. The average Bonchev–Trinajstić information content (AvgIpc) is 2.76. The van der Waals surface area contributed by atoms with E-state index >= 15 is 0 Å². The van der Waals surface area contributed by atoms with Crippen LogP contribution < -0.4 is 0 Å². The van der Waals surface area contributed by atoms with Crippen LogP contribution in [0.15, 0.2) is 42.7 Å². The molecule has 3 aromatic rings. The molecule has 0 atom stereocenters. The minimum absolute atomic E-state index is 0.137. The van der Waals surface area contributed by atoms with E-state index < -0.39 is 0 Å². The van der Waals surface area contributed by atoms with Crippen LogP contribution in [-0.4, -0.2) is 15.8 Å². The highest BCUT2D eigenvalue weighted by molar-refractivity contribution is 6.11. The molecule has 2 heterocycles. The van der Waals surface area contributed by atoms with Crippen molar-refractivity contribution in [3.63, 3.8) is 0 Å². The molecule has 0 radical (unpaired) electrons. The monoisotopic (exact) mass is 254 g/mol. The van der Waals surface area contributed by atoms with Crippen molar-refractivity contribution in [1.29, 1.82) is 0 Å². The first kappa shape index (κ1) is 11.6. The first-order valence-electron chi connectivity index (χ1n) is 5.89. The SMILES string of the molecule is Cc1c(C(=O)c2cccnc2)[nH]c2ccc(F)cc12. The van der Waals surface area contributed by atoms with Gasteiger partial charge in [0.05, 0.1) is 5.69 Å². The van der Waals surface area contributed by atoms with E-state index in [0.29, 0.717) is 11.3 Å². The van der Waals surface area contributed by atoms with Crippen molar-refractivity contribution < 1.29 is 9.18 Å². The number of fused-ring (bicyclic) bond motifs is 1. The van der Waals surface area contributed by atoms with Gasteiger partial charge in [0.15, 0.2) is 0 Å². The number of hydrogen-bond donors (Lipinski definition) is 1. The van der Waals surface area contributed by atoms with Gasteiger partial charge in [-0.25, -0.2) is 4.39 Å². The maximum Gasteiger partial charge on any atom is 0.211 e. The van der Waals surface area contributed by atoms with Crippen LogP contribution in [0.3, 0.4) is 0 Å². The zero-order valence-corrected chi connectivity index (χ0v) is 10.3. The van der Waals surface area contributed by atoms with E-state index in [1.807, 2.05) is 6.92 Å². The van der Waals surface area contributed by atoms with E-state index in [1.54, 1.807) is 24.4 Å². The number of aromatic amines is 1. The zero-order chi connectivity index (χ0) is 13.4. The smallest absolute Gasteiger partial charge is 0.211 e. The molecule has 3 nitrogen and oxygen atoms in total. The molecule has 1 N–H and O–H groups in total. The summed E-state index contributed by atoms with van der Waals surface area (Å²) < 4.78 is 13.2. The zero-order valence-electron chi connectivity index (χ0n) is 10.3.